The van der Waals surface area contributed by atoms with Gasteiger partial charge in [0.25, 0.3) is 0 Å². The smallest absolute Gasteiger partial charge is 0.177 e. The number of fused-ring (bicyclic) bond motifs is 1. The van der Waals surface area contributed by atoms with Gasteiger partial charge < -0.3 is 19.1 Å². The summed E-state index contributed by atoms with van der Waals surface area (Å²) >= 11 is 0. The van der Waals surface area contributed by atoms with Crippen LogP contribution in [-0.4, -0.2) is 60.5 Å². The molecule has 3 aromatic heterocycles. The topological polar surface area (TPSA) is 82.5 Å². The average molecular weight is 494 g/mol. The SMILES string of the molecule is COc1cc(OC)c(F)c(-c2cc3cnc(-c4cccnc4)nc3c(N3CCC(OC)CC3)n2)c1F. The Morgan fingerprint density at radius 2 is 1.67 bits per heavy atom. The molecule has 1 aliphatic heterocycles. The monoisotopic (exact) mass is 493 g/mol. The number of ether oxygens (including phenoxy) is 3. The molecule has 4 aromatic rings. The standard InChI is InChI=1S/C26H25F2N5O3/c1-34-17-6-9-33(10-7-17)26-24-16(14-30-25(32-24)15-5-4-8-29-13-15)11-18(31-26)21-22(27)19(35-2)12-20(36-3)23(21)28/h4-5,8,11-14,17H,6-7,9-10H2,1-3H3. The van der Waals surface area contributed by atoms with Crippen LogP contribution in [0.2, 0.25) is 0 Å². The van der Waals surface area contributed by atoms with Crippen LogP contribution in [0.5, 0.6) is 11.5 Å². The van der Waals surface area contributed by atoms with Gasteiger partial charge in [-0.2, -0.15) is 0 Å². The zero-order chi connectivity index (χ0) is 25.2. The molecule has 0 bridgehead atoms. The number of methoxy groups -OCH3 is 3. The number of benzene rings is 1. The Hall–Kier alpha value is -3.92. The van der Waals surface area contributed by atoms with Gasteiger partial charge in [-0.1, -0.05) is 0 Å². The van der Waals surface area contributed by atoms with E-state index in [4.69, 9.17) is 24.2 Å². The van der Waals surface area contributed by atoms with Crippen molar-refractivity contribution in [3.63, 3.8) is 0 Å². The molecule has 0 aliphatic carbocycles. The van der Waals surface area contributed by atoms with Gasteiger partial charge in [-0.15, -0.1) is 0 Å². The number of nitrogens with zero attached hydrogens (tertiary/aromatic N) is 5. The Bertz CT molecular complexity index is 1370. The third kappa shape index (κ3) is 4.28. The number of rotatable bonds is 6. The highest BCUT2D eigenvalue weighted by atomic mass is 19.1. The van der Waals surface area contributed by atoms with E-state index in [2.05, 4.69) is 14.9 Å². The fraction of sp³-hybridized carbons (Fsp3) is 0.308. The molecule has 0 radical (unpaired) electrons. The summed E-state index contributed by atoms with van der Waals surface area (Å²) in [5.41, 5.74) is 1.09. The summed E-state index contributed by atoms with van der Waals surface area (Å²) in [5.74, 6) is -1.01. The molecule has 8 nitrogen and oxygen atoms in total. The molecular weight excluding hydrogens is 468 g/mol. The van der Waals surface area contributed by atoms with Crippen LogP contribution < -0.4 is 14.4 Å². The summed E-state index contributed by atoms with van der Waals surface area (Å²) in [7, 11) is 4.32. The van der Waals surface area contributed by atoms with Crippen molar-refractivity contribution in [1.82, 2.24) is 19.9 Å². The summed E-state index contributed by atoms with van der Waals surface area (Å²) in [5, 5.41) is 0.595. The van der Waals surface area contributed by atoms with Crippen molar-refractivity contribution in [2.45, 2.75) is 18.9 Å². The second kappa shape index (κ2) is 9.98. The van der Waals surface area contributed by atoms with E-state index in [0.717, 1.165) is 18.4 Å². The summed E-state index contributed by atoms with van der Waals surface area (Å²) < 4.78 is 46.5. The Labute approximate surface area is 206 Å². The summed E-state index contributed by atoms with van der Waals surface area (Å²) in [6, 6.07) is 6.43. The van der Waals surface area contributed by atoms with Gasteiger partial charge in [0.15, 0.2) is 34.8 Å². The quantitative estimate of drug-likeness (QED) is 0.384. The molecule has 36 heavy (non-hydrogen) atoms. The van der Waals surface area contributed by atoms with Crippen molar-refractivity contribution in [1.29, 1.82) is 0 Å². The van der Waals surface area contributed by atoms with E-state index in [1.807, 2.05) is 12.1 Å². The van der Waals surface area contributed by atoms with Gasteiger partial charge in [0.2, 0.25) is 0 Å². The fourth-order valence-electron chi connectivity index (χ4n) is 4.42. The highest BCUT2D eigenvalue weighted by molar-refractivity contribution is 5.92. The Morgan fingerprint density at radius 3 is 2.28 bits per heavy atom. The van der Waals surface area contributed by atoms with E-state index in [9.17, 15) is 0 Å². The van der Waals surface area contributed by atoms with Crippen LogP contribution in [0.25, 0.3) is 33.5 Å². The van der Waals surface area contributed by atoms with Gasteiger partial charge in [-0.3, -0.25) is 4.98 Å². The first-order chi connectivity index (χ1) is 17.5. The van der Waals surface area contributed by atoms with Crippen LogP contribution in [-0.2, 0) is 4.74 Å². The predicted octanol–water partition coefficient (Wildman–Crippen LogP) is 4.66. The van der Waals surface area contributed by atoms with E-state index in [1.54, 1.807) is 31.8 Å². The average Bonchev–Trinajstić information content (AvgIpc) is 2.93. The molecule has 1 fully saturated rings. The third-order valence-electron chi connectivity index (χ3n) is 6.37. The lowest BCUT2D eigenvalue weighted by Crippen LogP contribution is -2.37. The van der Waals surface area contributed by atoms with Gasteiger partial charge in [-0.05, 0) is 31.0 Å². The number of hydrogen-bond donors (Lipinski definition) is 0. The lowest BCUT2D eigenvalue weighted by atomic mass is 10.0. The minimum absolute atomic E-state index is 0.0938. The highest BCUT2D eigenvalue weighted by Crippen LogP contribution is 2.39. The molecule has 0 saturated carbocycles. The minimum Gasteiger partial charge on any atom is -0.494 e. The van der Waals surface area contributed by atoms with Crippen molar-refractivity contribution in [3.05, 3.63) is 54.5 Å². The lowest BCUT2D eigenvalue weighted by molar-refractivity contribution is 0.0818. The number of anilines is 1. The molecule has 10 heteroatoms. The number of piperidine rings is 1. The third-order valence-corrected chi connectivity index (χ3v) is 6.37. The molecule has 0 unspecified atom stereocenters. The largest absolute Gasteiger partial charge is 0.494 e. The maximum Gasteiger partial charge on any atom is 0.177 e. The first-order valence-corrected chi connectivity index (χ1v) is 11.5. The van der Waals surface area contributed by atoms with Crippen molar-refractivity contribution >= 4 is 16.7 Å². The van der Waals surface area contributed by atoms with E-state index < -0.39 is 11.6 Å². The minimum atomic E-state index is -0.861. The van der Waals surface area contributed by atoms with Crippen molar-refractivity contribution in [2.75, 3.05) is 39.3 Å². The fourth-order valence-corrected chi connectivity index (χ4v) is 4.42. The molecule has 1 aliphatic rings. The van der Waals surface area contributed by atoms with E-state index in [-0.39, 0.29) is 28.9 Å². The molecule has 5 rings (SSSR count). The van der Waals surface area contributed by atoms with E-state index >= 15 is 8.78 Å². The van der Waals surface area contributed by atoms with Gasteiger partial charge in [0.05, 0.1) is 31.6 Å². The Morgan fingerprint density at radius 1 is 0.944 bits per heavy atom. The summed E-state index contributed by atoms with van der Waals surface area (Å²) in [6.07, 6.45) is 6.72. The van der Waals surface area contributed by atoms with Crippen LogP contribution in [0, 0.1) is 11.6 Å². The predicted molar refractivity (Wildman–Crippen MR) is 131 cm³/mol. The zero-order valence-electron chi connectivity index (χ0n) is 20.2. The maximum atomic E-state index is 15.4. The van der Waals surface area contributed by atoms with E-state index in [0.29, 0.717) is 35.6 Å². The van der Waals surface area contributed by atoms with Crippen LogP contribution in [0.15, 0.2) is 42.9 Å². The van der Waals surface area contributed by atoms with Crippen molar-refractivity contribution in [2.24, 2.45) is 0 Å². The number of pyridine rings is 2. The molecule has 186 valence electrons. The number of halogens is 2. The molecule has 1 aromatic carbocycles. The molecule has 0 atom stereocenters. The molecule has 1 saturated heterocycles. The van der Waals surface area contributed by atoms with Gasteiger partial charge >= 0.3 is 0 Å². The normalized spacial score (nSPS) is 14.3. The molecule has 0 N–H and O–H groups in total. The molecule has 0 spiro atoms. The summed E-state index contributed by atoms with van der Waals surface area (Å²) in [4.78, 5) is 20.2. The van der Waals surface area contributed by atoms with E-state index in [1.165, 1.54) is 20.3 Å². The Balaban J connectivity index is 1.72. The second-order valence-corrected chi connectivity index (χ2v) is 8.41. The van der Waals surface area contributed by atoms with Crippen molar-refractivity contribution < 1.29 is 23.0 Å². The van der Waals surface area contributed by atoms with Crippen LogP contribution >= 0.6 is 0 Å². The second-order valence-electron chi connectivity index (χ2n) is 8.41. The van der Waals surface area contributed by atoms with Gasteiger partial charge in [-0.25, -0.2) is 23.7 Å². The number of aromatic nitrogens is 4. The van der Waals surface area contributed by atoms with Gasteiger partial charge in [0, 0.05) is 55.8 Å². The maximum absolute atomic E-state index is 15.4. The molecular formula is C26H25F2N5O3. The molecule has 0 amide bonds. The first kappa shape index (κ1) is 23.8. The Kier molecular flexibility index (Phi) is 6.60. The zero-order valence-corrected chi connectivity index (χ0v) is 20.2. The van der Waals surface area contributed by atoms with Crippen LogP contribution in [0.1, 0.15) is 12.8 Å². The number of hydrogen-bond acceptors (Lipinski definition) is 8. The van der Waals surface area contributed by atoms with Gasteiger partial charge in [0.1, 0.15) is 5.52 Å². The van der Waals surface area contributed by atoms with Crippen LogP contribution in [0.4, 0.5) is 14.6 Å². The summed E-state index contributed by atoms with van der Waals surface area (Å²) in [6.45, 7) is 1.31. The molecule has 4 heterocycles. The lowest BCUT2D eigenvalue weighted by Gasteiger charge is -2.32. The van der Waals surface area contributed by atoms with Crippen molar-refractivity contribution in [3.8, 4) is 34.1 Å². The first-order valence-electron chi connectivity index (χ1n) is 11.5. The highest BCUT2D eigenvalue weighted by Gasteiger charge is 2.27. The van der Waals surface area contributed by atoms with Crippen LogP contribution in [0.3, 0.4) is 0 Å².